The standard InChI is InChI=1S/C26H27N9O2/c1-33-14-10-25(32-33)37-17-4-8-23-28-11-9-24(29-23)35-13-5-12-34(15-16-35)21-18-20(30-31-26(21)27)19-6-2-3-7-22(19)36/h2-3,6-7,9-11,14,18,36H,5,12-13,15-17H2,1H3,(H2,27,31). The van der Waals surface area contributed by atoms with E-state index in [-0.39, 0.29) is 12.4 Å². The molecule has 1 saturated heterocycles. The van der Waals surface area contributed by atoms with Crippen LogP contribution in [0, 0.1) is 11.8 Å². The maximum absolute atomic E-state index is 10.2. The Kier molecular flexibility index (Phi) is 6.98. The Morgan fingerprint density at radius 1 is 1.05 bits per heavy atom. The summed E-state index contributed by atoms with van der Waals surface area (Å²) in [7, 11) is 1.83. The maximum Gasteiger partial charge on any atom is 0.233 e. The lowest BCUT2D eigenvalue weighted by Crippen LogP contribution is -2.31. The van der Waals surface area contributed by atoms with Crippen LogP contribution in [0.25, 0.3) is 11.3 Å². The summed E-state index contributed by atoms with van der Waals surface area (Å²) in [5.41, 5.74) is 8.21. The molecule has 4 aromatic rings. The second kappa shape index (κ2) is 10.8. The van der Waals surface area contributed by atoms with Gasteiger partial charge < -0.3 is 25.4 Å². The van der Waals surface area contributed by atoms with Crippen molar-refractivity contribution in [1.82, 2.24) is 29.9 Å². The van der Waals surface area contributed by atoms with Gasteiger partial charge in [-0.15, -0.1) is 15.3 Å². The van der Waals surface area contributed by atoms with Gasteiger partial charge in [0.15, 0.2) is 12.4 Å². The van der Waals surface area contributed by atoms with Crippen LogP contribution in [0.3, 0.4) is 0 Å². The minimum atomic E-state index is 0.153. The molecule has 1 aromatic carbocycles. The van der Waals surface area contributed by atoms with Gasteiger partial charge in [-0.05, 0) is 36.6 Å². The molecule has 4 heterocycles. The van der Waals surface area contributed by atoms with Crippen molar-refractivity contribution in [3.05, 3.63) is 60.7 Å². The maximum atomic E-state index is 10.2. The average molecular weight is 498 g/mol. The van der Waals surface area contributed by atoms with Gasteiger partial charge >= 0.3 is 0 Å². The Balaban J connectivity index is 1.25. The molecule has 1 aliphatic heterocycles. The van der Waals surface area contributed by atoms with E-state index < -0.39 is 0 Å². The van der Waals surface area contributed by atoms with Crippen molar-refractivity contribution in [2.24, 2.45) is 7.05 Å². The van der Waals surface area contributed by atoms with Gasteiger partial charge in [-0.1, -0.05) is 18.1 Å². The van der Waals surface area contributed by atoms with Crippen LogP contribution in [0.4, 0.5) is 17.3 Å². The van der Waals surface area contributed by atoms with Gasteiger partial charge in [-0.3, -0.25) is 4.68 Å². The number of aromatic nitrogens is 6. The number of nitrogen functional groups attached to an aromatic ring is 1. The van der Waals surface area contributed by atoms with E-state index in [0.29, 0.717) is 28.8 Å². The number of nitrogens with zero attached hydrogens (tertiary/aromatic N) is 8. The third kappa shape index (κ3) is 5.70. The lowest BCUT2D eigenvalue weighted by atomic mass is 10.1. The molecule has 0 saturated carbocycles. The second-order valence-corrected chi connectivity index (χ2v) is 8.50. The van der Waals surface area contributed by atoms with Gasteiger partial charge in [0.1, 0.15) is 11.6 Å². The van der Waals surface area contributed by atoms with Crippen LogP contribution in [-0.4, -0.2) is 67.8 Å². The van der Waals surface area contributed by atoms with Crippen LogP contribution >= 0.6 is 0 Å². The van der Waals surface area contributed by atoms with E-state index in [4.69, 9.17) is 10.5 Å². The number of phenols is 1. The van der Waals surface area contributed by atoms with Gasteiger partial charge in [0.25, 0.3) is 0 Å². The lowest BCUT2D eigenvalue weighted by molar-refractivity contribution is 0.351. The summed E-state index contributed by atoms with van der Waals surface area (Å²) < 4.78 is 7.18. The fourth-order valence-electron chi connectivity index (χ4n) is 4.14. The number of anilines is 3. The summed E-state index contributed by atoms with van der Waals surface area (Å²) >= 11 is 0. The molecule has 0 unspecified atom stereocenters. The number of phenolic OH excluding ortho intramolecular Hbond substituents is 1. The molecule has 0 atom stereocenters. The van der Waals surface area contributed by atoms with E-state index in [1.165, 1.54) is 0 Å². The Bertz CT molecular complexity index is 1440. The molecule has 0 radical (unpaired) electrons. The SMILES string of the molecule is Cn1ccc(OCC#Cc2nccc(N3CCCN(c4cc(-c5ccccc5O)nnc4N)CC3)n2)n1. The third-order valence-electron chi connectivity index (χ3n) is 5.96. The van der Waals surface area contributed by atoms with Crippen LogP contribution in [0.1, 0.15) is 12.2 Å². The fraction of sp³-hybridized carbons (Fsp3) is 0.269. The zero-order chi connectivity index (χ0) is 25.6. The largest absolute Gasteiger partial charge is 0.507 e. The zero-order valence-electron chi connectivity index (χ0n) is 20.4. The van der Waals surface area contributed by atoms with Crippen LogP contribution < -0.4 is 20.3 Å². The zero-order valence-corrected chi connectivity index (χ0v) is 20.4. The third-order valence-corrected chi connectivity index (χ3v) is 5.96. The number of aromatic hydroxyl groups is 1. The molecule has 0 spiro atoms. The molecule has 0 bridgehead atoms. The van der Waals surface area contributed by atoms with Crippen molar-refractivity contribution < 1.29 is 9.84 Å². The molecule has 0 amide bonds. The highest BCUT2D eigenvalue weighted by Crippen LogP contribution is 2.31. The van der Waals surface area contributed by atoms with Crippen molar-refractivity contribution in [3.8, 4) is 34.7 Å². The molecule has 1 fully saturated rings. The fourth-order valence-corrected chi connectivity index (χ4v) is 4.14. The number of hydrogen-bond acceptors (Lipinski definition) is 10. The Morgan fingerprint density at radius 3 is 2.73 bits per heavy atom. The number of aryl methyl sites for hydroxylation is 1. The number of para-hydroxylation sites is 1. The number of hydrogen-bond donors (Lipinski definition) is 2. The highest BCUT2D eigenvalue weighted by atomic mass is 16.5. The van der Waals surface area contributed by atoms with Crippen LogP contribution in [0.15, 0.2) is 54.9 Å². The number of nitrogens with two attached hydrogens (primary N) is 1. The molecular weight excluding hydrogens is 470 g/mol. The predicted octanol–water partition coefficient (Wildman–Crippen LogP) is 2.10. The molecule has 11 nitrogen and oxygen atoms in total. The Labute approximate surface area is 214 Å². The minimum absolute atomic E-state index is 0.153. The lowest BCUT2D eigenvalue weighted by Gasteiger charge is -2.25. The quantitative estimate of drug-likeness (QED) is 0.395. The highest BCUT2D eigenvalue weighted by molar-refractivity contribution is 5.74. The molecule has 5 rings (SSSR count). The first-order chi connectivity index (χ1) is 18.1. The van der Waals surface area contributed by atoms with E-state index in [1.54, 1.807) is 29.1 Å². The average Bonchev–Trinajstić information content (AvgIpc) is 3.17. The summed E-state index contributed by atoms with van der Waals surface area (Å²) in [6.45, 7) is 3.29. The molecule has 3 aromatic heterocycles. The van der Waals surface area contributed by atoms with Crippen molar-refractivity contribution in [3.63, 3.8) is 0 Å². The monoisotopic (exact) mass is 497 g/mol. The predicted molar refractivity (Wildman–Crippen MR) is 140 cm³/mol. The van der Waals surface area contributed by atoms with E-state index in [0.717, 1.165) is 44.1 Å². The van der Waals surface area contributed by atoms with Gasteiger partial charge in [-0.25, -0.2) is 9.97 Å². The van der Waals surface area contributed by atoms with E-state index in [9.17, 15) is 5.11 Å². The first kappa shape index (κ1) is 23.9. The highest BCUT2D eigenvalue weighted by Gasteiger charge is 2.20. The molecule has 0 aliphatic carbocycles. The summed E-state index contributed by atoms with van der Waals surface area (Å²) in [5, 5.41) is 22.7. The van der Waals surface area contributed by atoms with Crippen LogP contribution in [0.2, 0.25) is 0 Å². The second-order valence-electron chi connectivity index (χ2n) is 8.50. The van der Waals surface area contributed by atoms with E-state index in [1.807, 2.05) is 37.5 Å². The van der Waals surface area contributed by atoms with Gasteiger partial charge in [0, 0.05) is 57.3 Å². The first-order valence-corrected chi connectivity index (χ1v) is 11.9. The smallest absolute Gasteiger partial charge is 0.233 e. The van der Waals surface area contributed by atoms with Crippen LogP contribution in [0.5, 0.6) is 11.6 Å². The van der Waals surface area contributed by atoms with Crippen molar-refractivity contribution in [2.45, 2.75) is 6.42 Å². The van der Waals surface area contributed by atoms with Crippen molar-refractivity contribution in [1.29, 1.82) is 0 Å². The van der Waals surface area contributed by atoms with Crippen molar-refractivity contribution >= 4 is 17.3 Å². The number of rotatable bonds is 5. The molecule has 1 aliphatic rings. The van der Waals surface area contributed by atoms with Crippen molar-refractivity contribution in [2.75, 3.05) is 48.3 Å². The van der Waals surface area contributed by atoms with Gasteiger partial charge in [0.05, 0.1) is 11.4 Å². The van der Waals surface area contributed by atoms with Gasteiger partial charge in [0.2, 0.25) is 11.7 Å². The Hall–Kier alpha value is -4.85. The summed E-state index contributed by atoms with van der Waals surface area (Å²) in [5.74, 6) is 8.21. The number of ether oxygens (including phenoxy) is 1. The van der Waals surface area contributed by atoms with Gasteiger partial charge in [-0.2, -0.15) is 0 Å². The topological polar surface area (TPSA) is 131 Å². The van der Waals surface area contributed by atoms with E-state index >= 15 is 0 Å². The normalized spacial score (nSPS) is 13.5. The summed E-state index contributed by atoms with van der Waals surface area (Å²) in [4.78, 5) is 13.3. The first-order valence-electron chi connectivity index (χ1n) is 11.9. The van der Waals surface area contributed by atoms with Crippen LogP contribution in [-0.2, 0) is 7.05 Å². The minimum Gasteiger partial charge on any atom is -0.507 e. The Morgan fingerprint density at radius 2 is 1.89 bits per heavy atom. The molecular formula is C26H27N9O2. The molecule has 11 heteroatoms. The summed E-state index contributed by atoms with van der Waals surface area (Å²) in [6.07, 6.45) is 4.43. The van der Waals surface area contributed by atoms with E-state index in [2.05, 4.69) is 46.9 Å². The molecule has 188 valence electrons. The molecule has 3 N–H and O–H groups in total. The molecule has 37 heavy (non-hydrogen) atoms. The number of benzene rings is 1. The summed E-state index contributed by atoms with van der Waals surface area (Å²) in [6, 6.07) is 12.6.